The van der Waals surface area contributed by atoms with E-state index < -0.39 is 0 Å². The van der Waals surface area contributed by atoms with E-state index in [0.717, 1.165) is 5.56 Å². The topological polar surface area (TPSA) is 72.5 Å². The van der Waals surface area contributed by atoms with Crippen molar-refractivity contribution in [3.8, 4) is 11.5 Å². The minimum Gasteiger partial charge on any atom is -0.482 e. The molecule has 1 aliphatic heterocycles. The molecule has 0 bridgehead atoms. The molecule has 0 spiro atoms. The number of benzene rings is 2. The lowest BCUT2D eigenvalue weighted by molar-refractivity contribution is -0.118. The van der Waals surface area contributed by atoms with Gasteiger partial charge in [0.1, 0.15) is 10.8 Å². The Labute approximate surface area is 181 Å². The molecule has 9 heteroatoms. The molecule has 1 unspecified atom stereocenters. The van der Waals surface area contributed by atoms with E-state index in [1.807, 2.05) is 12.1 Å². The zero-order valence-corrected chi connectivity index (χ0v) is 17.1. The zero-order chi connectivity index (χ0) is 20.4. The number of halogens is 3. The number of fused-ring (bicyclic) bond motifs is 1. The normalized spacial score (nSPS) is 14.5. The number of amides is 1. The minimum atomic E-state index is -0.384. The molecular formula is C20H14Cl3N3O3. The third kappa shape index (κ3) is 4.34. The molecule has 4 rings (SSSR count). The maximum atomic E-state index is 12.3. The summed E-state index contributed by atoms with van der Waals surface area (Å²) in [5.74, 6) is 0.478. The molecule has 2 aromatic carbocycles. The van der Waals surface area contributed by atoms with E-state index in [2.05, 4.69) is 15.6 Å². The summed E-state index contributed by atoms with van der Waals surface area (Å²) < 4.78 is 11.3. The summed E-state index contributed by atoms with van der Waals surface area (Å²) in [6, 6.07) is 12.0. The molecule has 6 nitrogen and oxygen atoms in total. The van der Waals surface area contributed by atoms with Crippen LogP contribution in [0.25, 0.3) is 0 Å². The lowest BCUT2D eigenvalue weighted by Gasteiger charge is -2.10. The van der Waals surface area contributed by atoms with Crippen molar-refractivity contribution in [2.45, 2.75) is 6.23 Å². The molecule has 0 saturated carbocycles. The van der Waals surface area contributed by atoms with Gasteiger partial charge in [0.05, 0.1) is 15.7 Å². The van der Waals surface area contributed by atoms with Crippen molar-refractivity contribution in [3.05, 3.63) is 75.5 Å². The molecule has 1 aliphatic rings. The predicted molar refractivity (Wildman–Crippen MR) is 113 cm³/mol. The van der Waals surface area contributed by atoms with Crippen molar-refractivity contribution >= 4 is 52.1 Å². The molecule has 1 atom stereocenters. The first kappa shape index (κ1) is 19.6. The monoisotopic (exact) mass is 449 g/mol. The van der Waals surface area contributed by atoms with Crippen LogP contribution in [0.4, 0.5) is 11.4 Å². The molecular weight excluding hydrogens is 437 g/mol. The molecule has 0 saturated heterocycles. The Morgan fingerprint density at radius 1 is 1.14 bits per heavy atom. The lowest BCUT2D eigenvalue weighted by atomic mass is 10.2. The van der Waals surface area contributed by atoms with Crippen LogP contribution in [0.15, 0.2) is 54.9 Å². The van der Waals surface area contributed by atoms with Gasteiger partial charge in [0.2, 0.25) is 0 Å². The third-order valence-electron chi connectivity index (χ3n) is 4.13. The van der Waals surface area contributed by atoms with Crippen LogP contribution in [-0.2, 0) is 4.79 Å². The maximum absolute atomic E-state index is 12.3. The van der Waals surface area contributed by atoms with Crippen LogP contribution in [0, 0.1) is 0 Å². The first-order chi connectivity index (χ1) is 14.0. The van der Waals surface area contributed by atoms with Gasteiger partial charge in [-0.15, -0.1) is 0 Å². The smallest absolute Gasteiger partial charge is 0.262 e. The van der Waals surface area contributed by atoms with E-state index in [-0.39, 0.29) is 23.8 Å². The SMILES string of the molecule is O=C(COc1cccc(Cl)c1Cl)Nc1cc(Cl)c2c(c1)NC(c1ccncc1)O2. The van der Waals surface area contributed by atoms with Gasteiger partial charge in [-0.3, -0.25) is 9.78 Å². The molecule has 0 fully saturated rings. The average molecular weight is 451 g/mol. The van der Waals surface area contributed by atoms with Gasteiger partial charge < -0.3 is 20.1 Å². The average Bonchev–Trinajstić information content (AvgIpc) is 3.15. The van der Waals surface area contributed by atoms with Gasteiger partial charge in [0.25, 0.3) is 5.91 Å². The molecule has 0 radical (unpaired) electrons. The van der Waals surface area contributed by atoms with E-state index in [4.69, 9.17) is 44.3 Å². The number of hydrogen-bond donors (Lipinski definition) is 2. The Hall–Kier alpha value is -2.67. The third-order valence-corrected chi connectivity index (χ3v) is 5.22. The number of rotatable bonds is 5. The van der Waals surface area contributed by atoms with Gasteiger partial charge in [-0.25, -0.2) is 0 Å². The summed E-state index contributed by atoms with van der Waals surface area (Å²) >= 11 is 18.3. The highest BCUT2D eigenvalue weighted by Gasteiger charge is 2.26. The number of nitrogens with zero attached hydrogens (tertiary/aromatic N) is 1. The van der Waals surface area contributed by atoms with Crippen molar-refractivity contribution in [3.63, 3.8) is 0 Å². The number of hydrogen-bond acceptors (Lipinski definition) is 5. The van der Waals surface area contributed by atoms with Crippen molar-refractivity contribution < 1.29 is 14.3 Å². The molecule has 1 amide bonds. The second kappa shape index (κ2) is 8.37. The fourth-order valence-corrected chi connectivity index (χ4v) is 3.42. The number of anilines is 2. The molecule has 3 aromatic rings. The Balaban J connectivity index is 1.42. The van der Waals surface area contributed by atoms with Gasteiger partial charge in [0, 0.05) is 23.6 Å². The van der Waals surface area contributed by atoms with Gasteiger partial charge in [-0.05, 0) is 36.4 Å². The van der Waals surface area contributed by atoms with Crippen molar-refractivity contribution in [1.29, 1.82) is 0 Å². The number of pyridine rings is 1. The molecule has 29 heavy (non-hydrogen) atoms. The van der Waals surface area contributed by atoms with Gasteiger partial charge in [-0.2, -0.15) is 0 Å². The van der Waals surface area contributed by atoms with Crippen LogP contribution < -0.4 is 20.1 Å². The first-order valence-corrected chi connectivity index (χ1v) is 9.68. The highest BCUT2D eigenvalue weighted by atomic mass is 35.5. The largest absolute Gasteiger partial charge is 0.482 e. The van der Waals surface area contributed by atoms with Crippen LogP contribution in [0.2, 0.25) is 15.1 Å². The summed E-state index contributed by atoms with van der Waals surface area (Å²) in [5, 5.41) is 6.95. The summed E-state index contributed by atoms with van der Waals surface area (Å²) in [7, 11) is 0. The first-order valence-electron chi connectivity index (χ1n) is 8.54. The van der Waals surface area contributed by atoms with Crippen LogP contribution in [0.3, 0.4) is 0 Å². The zero-order valence-electron chi connectivity index (χ0n) is 14.8. The fraction of sp³-hybridized carbons (Fsp3) is 0.100. The van der Waals surface area contributed by atoms with Gasteiger partial charge in [0.15, 0.2) is 18.6 Å². The van der Waals surface area contributed by atoms with Crippen LogP contribution in [0.5, 0.6) is 11.5 Å². The number of nitrogens with one attached hydrogen (secondary N) is 2. The Bertz CT molecular complexity index is 1060. The standard InChI is InChI=1S/C20H14Cl3N3O3/c21-13-2-1-3-16(18(13)23)28-10-17(27)25-12-8-14(22)19-15(9-12)26-20(29-19)11-4-6-24-7-5-11/h1-9,20,26H,10H2,(H,25,27). The van der Waals surface area contributed by atoms with E-state index >= 15 is 0 Å². The van der Waals surface area contributed by atoms with Crippen LogP contribution >= 0.6 is 34.8 Å². The number of ether oxygens (including phenoxy) is 2. The summed E-state index contributed by atoms with van der Waals surface area (Å²) in [4.78, 5) is 16.3. The Morgan fingerprint density at radius 3 is 2.72 bits per heavy atom. The number of carbonyl (C=O) groups excluding carboxylic acids is 1. The fourth-order valence-electron chi connectivity index (χ4n) is 2.81. The highest BCUT2D eigenvalue weighted by molar-refractivity contribution is 6.42. The second-order valence-corrected chi connectivity index (χ2v) is 7.34. The second-order valence-electron chi connectivity index (χ2n) is 6.15. The molecule has 148 valence electrons. The minimum absolute atomic E-state index is 0.238. The highest BCUT2D eigenvalue weighted by Crippen LogP contribution is 2.44. The lowest BCUT2D eigenvalue weighted by Crippen LogP contribution is -2.20. The molecule has 2 heterocycles. The maximum Gasteiger partial charge on any atom is 0.262 e. The quantitative estimate of drug-likeness (QED) is 0.532. The molecule has 2 N–H and O–H groups in total. The Morgan fingerprint density at radius 2 is 1.93 bits per heavy atom. The van der Waals surface area contributed by atoms with Crippen molar-refractivity contribution in [2.24, 2.45) is 0 Å². The van der Waals surface area contributed by atoms with E-state index in [1.54, 1.807) is 42.7 Å². The van der Waals surface area contributed by atoms with Crippen molar-refractivity contribution in [2.75, 3.05) is 17.2 Å². The Kier molecular flexibility index (Phi) is 5.67. The summed E-state index contributed by atoms with van der Waals surface area (Å²) in [6.45, 7) is -0.238. The van der Waals surface area contributed by atoms with Gasteiger partial charge >= 0.3 is 0 Å². The van der Waals surface area contributed by atoms with Crippen LogP contribution in [0.1, 0.15) is 11.8 Å². The van der Waals surface area contributed by atoms with Gasteiger partial charge in [-0.1, -0.05) is 40.9 Å². The van der Waals surface area contributed by atoms with E-state index in [0.29, 0.717) is 32.9 Å². The van der Waals surface area contributed by atoms with E-state index in [9.17, 15) is 4.79 Å². The van der Waals surface area contributed by atoms with Crippen LogP contribution in [-0.4, -0.2) is 17.5 Å². The molecule has 1 aromatic heterocycles. The summed E-state index contributed by atoms with van der Waals surface area (Å²) in [6.07, 6.45) is 2.98. The van der Waals surface area contributed by atoms with E-state index in [1.165, 1.54) is 0 Å². The predicted octanol–water partition coefficient (Wildman–Crippen LogP) is 5.56. The number of aromatic nitrogens is 1. The number of carbonyl (C=O) groups is 1. The summed E-state index contributed by atoms with van der Waals surface area (Å²) in [5.41, 5.74) is 2.09. The van der Waals surface area contributed by atoms with Crippen molar-refractivity contribution in [1.82, 2.24) is 4.98 Å². The molecule has 0 aliphatic carbocycles.